The molecule has 2 saturated heterocycles. The lowest BCUT2D eigenvalue weighted by Gasteiger charge is -2.43. The zero-order chi connectivity index (χ0) is 34.8. The van der Waals surface area contributed by atoms with Crippen LogP contribution >= 0.6 is 0 Å². The van der Waals surface area contributed by atoms with Gasteiger partial charge in [0, 0.05) is 71.7 Å². The van der Waals surface area contributed by atoms with Gasteiger partial charge in [-0.3, -0.25) is 29.0 Å². The molecule has 8 nitrogen and oxygen atoms in total. The van der Waals surface area contributed by atoms with Crippen molar-refractivity contribution in [1.82, 2.24) is 14.7 Å². The Morgan fingerprint density at radius 2 is 1.13 bits per heavy atom. The Kier molecular flexibility index (Phi) is 6.89. The van der Waals surface area contributed by atoms with Gasteiger partial charge in [0.05, 0.1) is 11.8 Å². The summed E-state index contributed by atoms with van der Waals surface area (Å²) in [5, 5.41) is 4.12. The minimum Gasteiger partial charge on any atom is -0.371 e. The summed E-state index contributed by atoms with van der Waals surface area (Å²) in [5.74, 6) is -1.49. The normalized spacial score (nSPS) is 26.1. The lowest BCUT2D eigenvalue weighted by Crippen LogP contribution is -2.51. The maximum atomic E-state index is 14.7. The van der Waals surface area contributed by atoms with Crippen molar-refractivity contribution in [2.75, 3.05) is 31.1 Å². The molecule has 2 atom stereocenters. The van der Waals surface area contributed by atoms with E-state index in [9.17, 15) is 19.2 Å². The minimum atomic E-state index is -0.522. The van der Waals surface area contributed by atoms with E-state index >= 15 is 0 Å². The van der Waals surface area contributed by atoms with Crippen molar-refractivity contribution in [2.24, 2.45) is 0 Å². The van der Waals surface area contributed by atoms with Gasteiger partial charge in [0.15, 0.2) is 0 Å². The second-order valence-corrected chi connectivity index (χ2v) is 16.7. The molecular formula is C44H46N4O4. The monoisotopic (exact) mass is 694 g/mol. The smallest absolute Gasteiger partial charge is 0.261 e. The van der Waals surface area contributed by atoms with Gasteiger partial charge >= 0.3 is 0 Å². The zero-order valence-corrected chi connectivity index (χ0v) is 29.9. The number of rotatable bonds is 4. The SMILES string of the molecule is O=C1c2ccc3c4c(c5c6c7c(cc(N8CCCC8)c63)C(=O)N(C3CCCCC3)C(=O)C7C=C5)C(N3CCCC3)=CC(C(=O)N1C1CCCCC1)c24. The van der Waals surface area contributed by atoms with Crippen LogP contribution in [0.4, 0.5) is 5.69 Å². The highest BCUT2D eigenvalue weighted by atomic mass is 16.2. The molecule has 3 aromatic rings. The fourth-order valence-electron chi connectivity index (χ4n) is 11.6. The first kappa shape index (κ1) is 31.1. The van der Waals surface area contributed by atoms with E-state index in [0.717, 1.165) is 171 Å². The van der Waals surface area contributed by atoms with Gasteiger partial charge < -0.3 is 9.80 Å². The molecule has 11 rings (SSSR count). The van der Waals surface area contributed by atoms with Crippen molar-refractivity contribution in [3.63, 3.8) is 0 Å². The van der Waals surface area contributed by atoms with Gasteiger partial charge in [-0.15, -0.1) is 0 Å². The van der Waals surface area contributed by atoms with E-state index in [1.807, 2.05) is 12.1 Å². The van der Waals surface area contributed by atoms with E-state index in [1.54, 1.807) is 9.80 Å². The highest BCUT2D eigenvalue weighted by Gasteiger charge is 2.48. The van der Waals surface area contributed by atoms with Crippen LogP contribution in [0.25, 0.3) is 33.3 Å². The van der Waals surface area contributed by atoms with Crippen LogP contribution in [0.3, 0.4) is 0 Å². The quantitative estimate of drug-likeness (QED) is 0.204. The van der Waals surface area contributed by atoms with Crippen molar-refractivity contribution in [2.45, 2.75) is 114 Å². The van der Waals surface area contributed by atoms with Crippen molar-refractivity contribution in [1.29, 1.82) is 0 Å². The molecular weight excluding hydrogens is 649 g/mol. The molecule has 0 aromatic heterocycles. The first-order chi connectivity index (χ1) is 25.5. The van der Waals surface area contributed by atoms with Crippen LogP contribution in [0.15, 0.2) is 30.4 Å². The van der Waals surface area contributed by atoms with E-state index in [-0.39, 0.29) is 35.7 Å². The summed E-state index contributed by atoms with van der Waals surface area (Å²) in [6.07, 6.45) is 20.7. The molecule has 8 aliphatic rings. The van der Waals surface area contributed by atoms with Gasteiger partial charge in [-0.2, -0.15) is 0 Å². The van der Waals surface area contributed by atoms with E-state index in [0.29, 0.717) is 11.1 Å². The van der Waals surface area contributed by atoms with Crippen LogP contribution in [0, 0.1) is 0 Å². The van der Waals surface area contributed by atoms with Crippen molar-refractivity contribution in [3.8, 4) is 0 Å². The molecule has 0 spiro atoms. The number of imide groups is 2. The number of fused-ring (bicyclic) bond motifs is 2. The summed E-state index contributed by atoms with van der Waals surface area (Å²) in [4.78, 5) is 66.6. The summed E-state index contributed by atoms with van der Waals surface area (Å²) >= 11 is 0. The molecule has 4 aliphatic carbocycles. The summed E-state index contributed by atoms with van der Waals surface area (Å²) in [6, 6.07) is 6.14. The Balaban J connectivity index is 1.22. The third-order valence-corrected chi connectivity index (χ3v) is 14.0. The zero-order valence-electron chi connectivity index (χ0n) is 29.9. The Bertz CT molecular complexity index is 2190. The maximum absolute atomic E-state index is 14.7. The standard InChI is InChI=1S/C44H46N4O4/c49-41-29-17-15-27-38-34(46-21-9-10-22-46)24-32-36-30(42(50)48(44(32)52)26-13-5-2-6-14-26)18-16-28(40(36)38)37-33(45-19-7-8-20-45)23-31(35(29)39(27)37)43(51)47(41)25-11-3-1-4-12-25/h15-18,23-26,29,32H,1-14,19-22H2. The lowest BCUT2D eigenvalue weighted by molar-refractivity contribution is -0.133. The second kappa shape index (κ2) is 11.5. The van der Waals surface area contributed by atoms with Crippen LogP contribution in [0.2, 0.25) is 0 Å². The largest absolute Gasteiger partial charge is 0.371 e. The van der Waals surface area contributed by atoms with Crippen molar-refractivity contribution in [3.05, 3.63) is 63.7 Å². The molecule has 266 valence electrons. The van der Waals surface area contributed by atoms with Gasteiger partial charge in [0.25, 0.3) is 11.8 Å². The van der Waals surface area contributed by atoms with Crippen LogP contribution in [-0.2, 0) is 9.59 Å². The number of benzene rings is 3. The number of nitrogens with zero attached hydrogens (tertiary/aromatic N) is 4. The third-order valence-electron chi connectivity index (χ3n) is 14.0. The third kappa shape index (κ3) is 4.15. The number of amides is 4. The number of anilines is 1. The van der Waals surface area contributed by atoms with Crippen molar-refractivity contribution >= 4 is 62.6 Å². The van der Waals surface area contributed by atoms with Gasteiger partial charge in [0.2, 0.25) is 11.8 Å². The maximum Gasteiger partial charge on any atom is 0.261 e. The minimum absolute atomic E-state index is 0.0446. The molecule has 52 heavy (non-hydrogen) atoms. The Morgan fingerprint density at radius 1 is 0.558 bits per heavy atom. The van der Waals surface area contributed by atoms with E-state index in [2.05, 4.69) is 34.1 Å². The van der Waals surface area contributed by atoms with Crippen LogP contribution in [0.5, 0.6) is 0 Å². The highest BCUT2D eigenvalue weighted by molar-refractivity contribution is 6.29. The number of likely N-dealkylation sites (tertiary alicyclic amines) is 1. The molecule has 4 fully saturated rings. The fourth-order valence-corrected chi connectivity index (χ4v) is 11.6. The number of hydrogen-bond acceptors (Lipinski definition) is 6. The van der Waals surface area contributed by atoms with Gasteiger partial charge in [0.1, 0.15) is 0 Å². The molecule has 4 amide bonds. The van der Waals surface area contributed by atoms with Crippen LogP contribution < -0.4 is 4.90 Å². The first-order valence-electron chi connectivity index (χ1n) is 20.3. The second-order valence-electron chi connectivity index (χ2n) is 16.7. The van der Waals surface area contributed by atoms with Crippen LogP contribution in [0.1, 0.15) is 145 Å². The Labute approximate surface area is 304 Å². The average Bonchev–Trinajstić information content (AvgIpc) is 3.92. The van der Waals surface area contributed by atoms with E-state index < -0.39 is 11.8 Å². The predicted molar refractivity (Wildman–Crippen MR) is 202 cm³/mol. The van der Waals surface area contributed by atoms with Crippen molar-refractivity contribution < 1.29 is 19.2 Å². The molecule has 2 unspecified atom stereocenters. The average molecular weight is 695 g/mol. The molecule has 4 heterocycles. The number of carbonyl (C=O) groups excluding carboxylic acids is 4. The van der Waals surface area contributed by atoms with E-state index in [4.69, 9.17) is 0 Å². The molecule has 8 heteroatoms. The molecule has 2 saturated carbocycles. The Hall–Kier alpha value is -4.46. The Morgan fingerprint density at radius 3 is 1.79 bits per heavy atom. The summed E-state index contributed by atoms with van der Waals surface area (Å²) < 4.78 is 0. The summed E-state index contributed by atoms with van der Waals surface area (Å²) in [5.41, 5.74) is 7.24. The summed E-state index contributed by atoms with van der Waals surface area (Å²) in [7, 11) is 0. The fraction of sp³-hybridized carbons (Fsp3) is 0.500. The molecule has 4 aliphatic heterocycles. The number of carbonyl (C=O) groups is 4. The lowest BCUT2D eigenvalue weighted by atomic mass is 9.71. The van der Waals surface area contributed by atoms with E-state index in [1.165, 1.54) is 0 Å². The predicted octanol–water partition coefficient (Wildman–Crippen LogP) is 7.87. The highest BCUT2D eigenvalue weighted by Crippen LogP contribution is 2.55. The number of hydrogen-bond donors (Lipinski definition) is 0. The first-order valence-corrected chi connectivity index (χ1v) is 20.3. The van der Waals surface area contributed by atoms with Gasteiger partial charge in [-0.1, -0.05) is 56.7 Å². The summed E-state index contributed by atoms with van der Waals surface area (Å²) in [6.45, 7) is 3.64. The topological polar surface area (TPSA) is 81.2 Å². The molecule has 0 N–H and O–H groups in total. The van der Waals surface area contributed by atoms with Gasteiger partial charge in [-0.25, -0.2) is 0 Å². The molecule has 0 radical (unpaired) electrons. The molecule has 0 bridgehead atoms. The van der Waals surface area contributed by atoms with Gasteiger partial charge in [-0.05, 0) is 102 Å². The van der Waals surface area contributed by atoms with Crippen LogP contribution in [-0.4, -0.2) is 76.6 Å². The molecule has 3 aromatic carbocycles.